The highest BCUT2D eigenvalue weighted by atomic mass is 31.2. The lowest BCUT2D eigenvalue weighted by Gasteiger charge is -2.23. The Morgan fingerprint density at radius 2 is 1.82 bits per heavy atom. The lowest BCUT2D eigenvalue weighted by Crippen LogP contribution is -2.25. The SMILES string of the molecule is Cc1ccccc1COCCNP(=O)(CO[C@H](C)Cn1cnc2c(N)ncnc21)Oc1ccc2ccccc2c1. The van der Waals surface area contributed by atoms with Gasteiger partial charge in [-0.2, -0.15) is 0 Å². The van der Waals surface area contributed by atoms with Crippen LogP contribution in [-0.4, -0.2) is 45.1 Å². The van der Waals surface area contributed by atoms with Crippen LogP contribution < -0.4 is 15.3 Å². The second kappa shape index (κ2) is 12.6. The molecule has 0 fully saturated rings. The number of fused-ring (bicyclic) bond motifs is 2. The van der Waals surface area contributed by atoms with Crippen LogP contribution in [0.3, 0.4) is 0 Å². The van der Waals surface area contributed by atoms with Gasteiger partial charge in [-0.1, -0.05) is 54.6 Å². The number of nitrogens with two attached hydrogens (primary N) is 1. The minimum absolute atomic E-state index is 0.136. The van der Waals surface area contributed by atoms with Gasteiger partial charge < -0.3 is 24.3 Å². The van der Waals surface area contributed by atoms with Crippen molar-refractivity contribution in [3.8, 4) is 5.75 Å². The number of ether oxygens (including phenoxy) is 2. The summed E-state index contributed by atoms with van der Waals surface area (Å²) in [5, 5.41) is 5.14. The Kier molecular flexibility index (Phi) is 8.72. The molecule has 40 heavy (non-hydrogen) atoms. The zero-order valence-electron chi connectivity index (χ0n) is 22.6. The van der Waals surface area contributed by atoms with Crippen molar-refractivity contribution in [2.45, 2.75) is 33.1 Å². The molecule has 3 aromatic carbocycles. The molecule has 2 aromatic heterocycles. The van der Waals surface area contributed by atoms with Crippen LogP contribution in [0.2, 0.25) is 0 Å². The number of nitrogen functional groups attached to an aromatic ring is 1. The zero-order valence-corrected chi connectivity index (χ0v) is 23.5. The van der Waals surface area contributed by atoms with Gasteiger partial charge in [-0.05, 0) is 47.9 Å². The predicted molar refractivity (Wildman–Crippen MR) is 156 cm³/mol. The molecule has 0 spiro atoms. The van der Waals surface area contributed by atoms with Crippen molar-refractivity contribution < 1.29 is 18.6 Å². The molecule has 2 atom stereocenters. The van der Waals surface area contributed by atoms with Crippen LogP contribution in [0.25, 0.3) is 21.9 Å². The summed E-state index contributed by atoms with van der Waals surface area (Å²) in [5.74, 6) is 0.818. The number of benzene rings is 3. The lowest BCUT2D eigenvalue weighted by molar-refractivity contribution is 0.0815. The molecule has 10 nitrogen and oxygen atoms in total. The van der Waals surface area contributed by atoms with Crippen molar-refractivity contribution in [1.29, 1.82) is 0 Å². The lowest BCUT2D eigenvalue weighted by atomic mass is 10.1. The predicted octanol–water partition coefficient (Wildman–Crippen LogP) is 5.31. The Balaban J connectivity index is 1.23. The number of nitrogens with one attached hydrogen (secondary N) is 1. The average Bonchev–Trinajstić information content (AvgIpc) is 3.36. The van der Waals surface area contributed by atoms with Crippen LogP contribution in [-0.2, 0) is 27.2 Å². The van der Waals surface area contributed by atoms with E-state index in [-0.39, 0.29) is 12.5 Å². The number of hydrogen-bond acceptors (Lipinski definition) is 8. The van der Waals surface area contributed by atoms with Gasteiger partial charge in [0.25, 0.3) is 0 Å². The van der Waals surface area contributed by atoms with Crippen molar-refractivity contribution in [3.63, 3.8) is 0 Å². The third-order valence-corrected chi connectivity index (χ3v) is 8.20. The molecule has 1 unspecified atom stereocenters. The molecule has 0 saturated heterocycles. The summed E-state index contributed by atoms with van der Waals surface area (Å²) in [7, 11) is -3.46. The van der Waals surface area contributed by atoms with E-state index >= 15 is 0 Å². The fraction of sp³-hybridized carbons (Fsp3) is 0.276. The number of rotatable bonds is 13. The molecular formula is C29H33N6O4P. The van der Waals surface area contributed by atoms with Crippen LogP contribution in [0.15, 0.2) is 79.4 Å². The van der Waals surface area contributed by atoms with Gasteiger partial charge in [-0.3, -0.25) is 4.57 Å². The number of nitrogens with zero attached hydrogens (tertiary/aromatic N) is 4. The van der Waals surface area contributed by atoms with Crippen molar-refractivity contribution in [1.82, 2.24) is 24.6 Å². The molecule has 3 N–H and O–H groups in total. The van der Waals surface area contributed by atoms with Crippen molar-refractivity contribution in [3.05, 3.63) is 90.5 Å². The Bertz CT molecular complexity index is 1640. The fourth-order valence-electron chi connectivity index (χ4n) is 4.33. The van der Waals surface area contributed by atoms with Crippen LogP contribution in [0, 0.1) is 6.92 Å². The highest BCUT2D eigenvalue weighted by molar-refractivity contribution is 7.57. The van der Waals surface area contributed by atoms with E-state index in [9.17, 15) is 4.57 Å². The molecule has 0 aliphatic carbocycles. The number of imidazole rings is 1. The van der Waals surface area contributed by atoms with Gasteiger partial charge >= 0.3 is 7.52 Å². The van der Waals surface area contributed by atoms with E-state index in [0.29, 0.717) is 49.0 Å². The van der Waals surface area contributed by atoms with E-state index in [1.165, 1.54) is 11.9 Å². The molecule has 0 amide bonds. The smallest absolute Gasteiger partial charge is 0.342 e. The van der Waals surface area contributed by atoms with Crippen LogP contribution in [0.4, 0.5) is 5.82 Å². The largest absolute Gasteiger partial charge is 0.431 e. The van der Waals surface area contributed by atoms with Gasteiger partial charge in [0.15, 0.2) is 11.5 Å². The highest BCUT2D eigenvalue weighted by Crippen LogP contribution is 2.43. The maximum absolute atomic E-state index is 14.0. The van der Waals surface area contributed by atoms with Gasteiger partial charge in [0.1, 0.15) is 23.9 Å². The van der Waals surface area contributed by atoms with E-state index in [1.54, 1.807) is 6.33 Å². The number of aryl methyl sites for hydroxylation is 1. The average molecular weight is 561 g/mol. The van der Waals surface area contributed by atoms with Crippen LogP contribution in [0.5, 0.6) is 5.75 Å². The van der Waals surface area contributed by atoms with E-state index in [2.05, 4.69) is 33.0 Å². The van der Waals surface area contributed by atoms with Gasteiger partial charge in [0.05, 0.1) is 32.2 Å². The Hall–Kier alpha value is -3.82. The van der Waals surface area contributed by atoms with E-state index in [1.807, 2.05) is 72.2 Å². The molecule has 0 saturated carbocycles. The number of anilines is 1. The van der Waals surface area contributed by atoms with E-state index in [0.717, 1.165) is 16.3 Å². The molecular weight excluding hydrogens is 527 g/mol. The summed E-state index contributed by atoms with van der Waals surface area (Å²) < 4.78 is 33.8. The normalized spacial score (nSPS) is 13.8. The fourth-order valence-corrected chi connectivity index (χ4v) is 5.87. The maximum atomic E-state index is 14.0. The second-order valence-electron chi connectivity index (χ2n) is 9.60. The third kappa shape index (κ3) is 6.84. The van der Waals surface area contributed by atoms with Crippen molar-refractivity contribution in [2.75, 3.05) is 25.2 Å². The molecule has 5 rings (SSSR count). The summed E-state index contributed by atoms with van der Waals surface area (Å²) in [4.78, 5) is 12.6. The first kappa shape index (κ1) is 27.7. The molecule has 0 aliphatic rings. The van der Waals surface area contributed by atoms with E-state index < -0.39 is 7.52 Å². The Morgan fingerprint density at radius 3 is 2.67 bits per heavy atom. The third-order valence-electron chi connectivity index (χ3n) is 6.50. The first-order valence-corrected chi connectivity index (χ1v) is 14.9. The first-order chi connectivity index (χ1) is 19.4. The van der Waals surface area contributed by atoms with Gasteiger partial charge in [0.2, 0.25) is 0 Å². The number of aromatic nitrogens is 4. The topological polar surface area (TPSA) is 126 Å². The van der Waals surface area contributed by atoms with Crippen molar-refractivity contribution in [2.24, 2.45) is 0 Å². The van der Waals surface area contributed by atoms with Crippen molar-refractivity contribution >= 4 is 35.3 Å². The Labute approximate surface area is 233 Å². The highest BCUT2D eigenvalue weighted by Gasteiger charge is 2.26. The minimum Gasteiger partial charge on any atom is -0.431 e. The first-order valence-electron chi connectivity index (χ1n) is 13.1. The summed E-state index contributed by atoms with van der Waals surface area (Å²) in [5.41, 5.74) is 9.34. The van der Waals surface area contributed by atoms with Crippen LogP contribution >= 0.6 is 7.52 Å². The molecule has 11 heteroatoms. The van der Waals surface area contributed by atoms with Gasteiger partial charge in [-0.15, -0.1) is 0 Å². The summed E-state index contributed by atoms with van der Waals surface area (Å²) >= 11 is 0. The standard InChI is InChI=1S/C29H33N6O4P/c1-21-7-3-4-10-25(21)17-37-14-13-34-40(36,39-26-12-11-23-8-5-6-9-24(23)15-26)20-38-22(2)16-35-19-33-27-28(30)31-18-32-29(27)35/h3-12,15,18-19,22H,13-14,16-17,20H2,1-2H3,(H,34,36)(H2,30,31,32)/t22-,40?/m1/s1. The molecule has 0 bridgehead atoms. The zero-order chi connectivity index (χ0) is 28.0. The molecule has 208 valence electrons. The quantitative estimate of drug-likeness (QED) is 0.145. The second-order valence-corrected chi connectivity index (χ2v) is 11.7. The Morgan fingerprint density at radius 1 is 1.02 bits per heavy atom. The number of hydrogen-bond donors (Lipinski definition) is 2. The molecule has 0 aliphatic heterocycles. The monoisotopic (exact) mass is 560 g/mol. The summed E-state index contributed by atoms with van der Waals surface area (Å²) in [6, 6.07) is 21.7. The van der Waals surface area contributed by atoms with Gasteiger partial charge in [0, 0.05) is 6.54 Å². The minimum atomic E-state index is -3.46. The summed E-state index contributed by atoms with van der Waals surface area (Å²) in [6.07, 6.45) is 2.59. The molecule has 0 radical (unpaired) electrons. The molecule has 5 aromatic rings. The maximum Gasteiger partial charge on any atom is 0.342 e. The summed E-state index contributed by atoms with van der Waals surface area (Å²) in [6.45, 7) is 5.54. The van der Waals surface area contributed by atoms with E-state index in [4.69, 9.17) is 19.7 Å². The van der Waals surface area contributed by atoms with Crippen LogP contribution in [0.1, 0.15) is 18.1 Å². The molecule has 2 heterocycles. The van der Waals surface area contributed by atoms with Gasteiger partial charge in [-0.25, -0.2) is 20.0 Å².